The predicted molar refractivity (Wildman–Crippen MR) is 67.2 cm³/mol. The summed E-state index contributed by atoms with van der Waals surface area (Å²) in [7, 11) is 0. The van der Waals surface area contributed by atoms with E-state index in [-0.39, 0.29) is 11.9 Å². The molecule has 18 heavy (non-hydrogen) atoms. The van der Waals surface area contributed by atoms with Gasteiger partial charge in [0.15, 0.2) is 0 Å². The van der Waals surface area contributed by atoms with Crippen LogP contribution in [0.5, 0.6) is 0 Å². The lowest BCUT2D eigenvalue weighted by Gasteiger charge is -2.43. The molecule has 0 spiro atoms. The summed E-state index contributed by atoms with van der Waals surface area (Å²) in [5.74, 6) is -0.795. The Morgan fingerprint density at radius 3 is 2.67 bits per heavy atom. The number of rotatable bonds is 1. The van der Waals surface area contributed by atoms with Gasteiger partial charge in [-0.2, -0.15) is 0 Å². The minimum atomic E-state index is -0.417. The number of carbonyl (C=O) groups excluding carboxylic acids is 2. The highest BCUT2D eigenvalue weighted by Crippen LogP contribution is 2.21. The van der Waals surface area contributed by atoms with Gasteiger partial charge in [0.25, 0.3) is 0 Å². The number of anilines is 1. The highest BCUT2D eigenvalue weighted by Gasteiger charge is 2.40. The first-order chi connectivity index (χ1) is 8.77. The molecule has 0 radical (unpaired) electrons. The molecule has 94 valence electrons. The van der Waals surface area contributed by atoms with Crippen molar-refractivity contribution in [3.63, 3.8) is 0 Å². The fraction of sp³-hybridized carbons (Fsp3) is 0.385. The maximum Gasteiger partial charge on any atom is 0.316 e. The first-order valence-corrected chi connectivity index (χ1v) is 6.15. The molecule has 1 N–H and O–H groups in total. The number of piperazine rings is 2. The fourth-order valence-corrected chi connectivity index (χ4v) is 2.55. The Morgan fingerprint density at radius 2 is 1.89 bits per heavy atom. The van der Waals surface area contributed by atoms with Crippen molar-refractivity contribution < 1.29 is 9.59 Å². The van der Waals surface area contributed by atoms with Crippen LogP contribution in [0.1, 0.15) is 0 Å². The third-order valence-electron chi connectivity index (χ3n) is 3.50. The van der Waals surface area contributed by atoms with E-state index in [4.69, 9.17) is 0 Å². The Hall–Kier alpha value is -1.88. The summed E-state index contributed by atoms with van der Waals surface area (Å²) in [5, 5.41) is 3.26. The van der Waals surface area contributed by atoms with Crippen molar-refractivity contribution in [3.05, 3.63) is 30.3 Å². The smallest absolute Gasteiger partial charge is 0.316 e. The van der Waals surface area contributed by atoms with Crippen LogP contribution in [0.2, 0.25) is 0 Å². The maximum atomic E-state index is 12.1. The molecular formula is C13H15N3O2. The summed E-state index contributed by atoms with van der Waals surface area (Å²) in [4.78, 5) is 27.4. The summed E-state index contributed by atoms with van der Waals surface area (Å²) in [6, 6.07) is 9.45. The van der Waals surface area contributed by atoms with Crippen LogP contribution in [-0.2, 0) is 9.59 Å². The van der Waals surface area contributed by atoms with Crippen molar-refractivity contribution in [2.75, 3.05) is 31.1 Å². The molecule has 2 heterocycles. The van der Waals surface area contributed by atoms with E-state index in [0.717, 1.165) is 18.8 Å². The predicted octanol–water partition coefficient (Wildman–Crippen LogP) is -0.166. The fourth-order valence-electron chi connectivity index (χ4n) is 2.55. The minimum absolute atomic E-state index is 0.0872. The zero-order valence-corrected chi connectivity index (χ0v) is 10.0. The number of amides is 2. The van der Waals surface area contributed by atoms with E-state index in [1.165, 1.54) is 0 Å². The van der Waals surface area contributed by atoms with Gasteiger partial charge in [-0.05, 0) is 12.1 Å². The molecule has 0 saturated carbocycles. The number of benzene rings is 1. The number of fused-ring (bicyclic) bond motifs is 1. The maximum absolute atomic E-state index is 12.1. The van der Waals surface area contributed by atoms with E-state index in [2.05, 4.69) is 5.32 Å². The number of nitrogens with zero attached hydrogens (tertiary/aromatic N) is 2. The van der Waals surface area contributed by atoms with Gasteiger partial charge in [0.1, 0.15) is 0 Å². The van der Waals surface area contributed by atoms with E-state index in [9.17, 15) is 9.59 Å². The molecule has 1 aromatic rings. The van der Waals surface area contributed by atoms with Gasteiger partial charge in [-0.25, -0.2) is 0 Å². The number of hydrogen-bond acceptors (Lipinski definition) is 3. The van der Waals surface area contributed by atoms with Crippen molar-refractivity contribution in [3.8, 4) is 0 Å². The number of hydrogen-bond donors (Lipinski definition) is 1. The molecule has 1 atom stereocenters. The second kappa shape index (κ2) is 4.42. The first kappa shape index (κ1) is 11.2. The van der Waals surface area contributed by atoms with Gasteiger partial charge < -0.3 is 15.1 Å². The average molecular weight is 245 g/mol. The topological polar surface area (TPSA) is 52.7 Å². The van der Waals surface area contributed by atoms with Crippen LogP contribution in [0.25, 0.3) is 0 Å². The van der Waals surface area contributed by atoms with Crippen molar-refractivity contribution in [2.24, 2.45) is 0 Å². The first-order valence-electron chi connectivity index (χ1n) is 6.15. The highest BCUT2D eigenvalue weighted by molar-refractivity contribution is 6.41. The lowest BCUT2D eigenvalue weighted by molar-refractivity contribution is -0.149. The monoisotopic (exact) mass is 245 g/mol. The zero-order chi connectivity index (χ0) is 12.5. The van der Waals surface area contributed by atoms with Gasteiger partial charge in [0, 0.05) is 31.9 Å². The minimum Gasteiger partial charge on any atom is -0.327 e. The molecule has 1 aromatic carbocycles. The molecule has 2 amide bonds. The molecule has 0 bridgehead atoms. The van der Waals surface area contributed by atoms with Crippen LogP contribution < -0.4 is 10.2 Å². The van der Waals surface area contributed by atoms with E-state index in [1.807, 2.05) is 30.3 Å². The molecule has 2 fully saturated rings. The SMILES string of the molecule is O=C1C(=O)N2CCNCC2CN1c1ccccc1. The van der Waals surface area contributed by atoms with Crippen LogP contribution in [-0.4, -0.2) is 48.9 Å². The highest BCUT2D eigenvalue weighted by atomic mass is 16.2. The standard InChI is InChI=1S/C13H15N3O2/c17-12-13(18)16(10-4-2-1-3-5-10)9-11-8-14-6-7-15(11)12/h1-5,11,14H,6-9H2. The Kier molecular flexibility index (Phi) is 2.76. The normalized spacial score (nSPS) is 24.1. The third kappa shape index (κ3) is 1.76. The molecule has 2 aliphatic heterocycles. The number of nitrogens with one attached hydrogen (secondary N) is 1. The summed E-state index contributed by atoms with van der Waals surface area (Å²) in [6.07, 6.45) is 0. The Morgan fingerprint density at radius 1 is 1.11 bits per heavy atom. The molecule has 2 aliphatic rings. The summed E-state index contributed by atoms with van der Waals surface area (Å²) in [5.41, 5.74) is 0.793. The number of para-hydroxylation sites is 1. The molecule has 5 heteroatoms. The van der Waals surface area contributed by atoms with Crippen molar-refractivity contribution in [1.82, 2.24) is 10.2 Å². The van der Waals surface area contributed by atoms with Gasteiger partial charge in [0.2, 0.25) is 0 Å². The average Bonchev–Trinajstić information content (AvgIpc) is 2.44. The Labute approximate surface area is 105 Å². The van der Waals surface area contributed by atoms with E-state index < -0.39 is 5.91 Å². The van der Waals surface area contributed by atoms with E-state index in [1.54, 1.807) is 9.80 Å². The van der Waals surface area contributed by atoms with E-state index in [0.29, 0.717) is 13.1 Å². The molecule has 2 saturated heterocycles. The molecule has 3 rings (SSSR count). The molecule has 0 aliphatic carbocycles. The molecule has 5 nitrogen and oxygen atoms in total. The van der Waals surface area contributed by atoms with Gasteiger partial charge in [-0.15, -0.1) is 0 Å². The largest absolute Gasteiger partial charge is 0.327 e. The lowest BCUT2D eigenvalue weighted by Crippen LogP contribution is -2.65. The van der Waals surface area contributed by atoms with Crippen molar-refractivity contribution in [1.29, 1.82) is 0 Å². The summed E-state index contributed by atoms with van der Waals surface area (Å²) < 4.78 is 0. The molecular weight excluding hydrogens is 230 g/mol. The van der Waals surface area contributed by atoms with Gasteiger partial charge in [-0.3, -0.25) is 9.59 Å². The van der Waals surface area contributed by atoms with Crippen LogP contribution in [0.15, 0.2) is 30.3 Å². The Bertz CT molecular complexity index is 474. The molecule has 0 aromatic heterocycles. The second-order valence-corrected chi connectivity index (χ2v) is 4.61. The summed E-state index contributed by atoms with van der Waals surface area (Å²) in [6.45, 7) is 2.71. The van der Waals surface area contributed by atoms with E-state index >= 15 is 0 Å². The van der Waals surface area contributed by atoms with Gasteiger partial charge in [0.05, 0.1) is 6.04 Å². The second-order valence-electron chi connectivity index (χ2n) is 4.61. The van der Waals surface area contributed by atoms with Crippen molar-refractivity contribution in [2.45, 2.75) is 6.04 Å². The quantitative estimate of drug-likeness (QED) is 0.699. The zero-order valence-electron chi connectivity index (χ0n) is 10.0. The van der Waals surface area contributed by atoms with Crippen LogP contribution >= 0.6 is 0 Å². The van der Waals surface area contributed by atoms with Crippen molar-refractivity contribution >= 4 is 17.5 Å². The van der Waals surface area contributed by atoms with Gasteiger partial charge >= 0.3 is 11.8 Å². The van der Waals surface area contributed by atoms with Crippen LogP contribution in [0.3, 0.4) is 0 Å². The lowest BCUT2D eigenvalue weighted by atomic mass is 10.1. The summed E-state index contributed by atoms with van der Waals surface area (Å²) >= 11 is 0. The number of carbonyl (C=O) groups is 2. The van der Waals surface area contributed by atoms with Crippen LogP contribution in [0, 0.1) is 0 Å². The molecule has 1 unspecified atom stereocenters. The Balaban J connectivity index is 1.89. The third-order valence-corrected chi connectivity index (χ3v) is 3.50. The van der Waals surface area contributed by atoms with Gasteiger partial charge in [-0.1, -0.05) is 18.2 Å². The van der Waals surface area contributed by atoms with Crippen LogP contribution in [0.4, 0.5) is 5.69 Å².